The van der Waals surface area contributed by atoms with Gasteiger partial charge in [-0.15, -0.1) is 10.2 Å². The fourth-order valence-electron chi connectivity index (χ4n) is 4.00. The van der Waals surface area contributed by atoms with Gasteiger partial charge in [-0.2, -0.15) is 0 Å². The molecule has 0 atom stereocenters. The van der Waals surface area contributed by atoms with Crippen LogP contribution < -0.4 is 10.2 Å². The maximum absolute atomic E-state index is 12.7. The molecule has 178 valence electrons. The molecular formula is C26H23Cl2N5O2. The van der Waals surface area contributed by atoms with Crippen molar-refractivity contribution in [1.82, 2.24) is 15.1 Å². The number of urea groups is 1. The molecule has 4 aromatic rings. The minimum absolute atomic E-state index is 0.210. The monoisotopic (exact) mass is 507 g/mol. The highest BCUT2D eigenvalue weighted by Gasteiger charge is 2.23. The zero-order valence-corrected chi connectivity index (χ0v) is 20.3. The van der Waals surface area contributed by atoms with E-state index < -0.39 is 0 Å². The van der Waals surface area contributed by atoms with Crippen molar-refractivity contribution >= 4 is 40.6 Å². The summed E-state index contributed by atoms with van der Waals surface area (Å²) in [5, 5.41) is 12.0. The number of benzene rings is 3. The van der Waals surface area contributed by atoms with Gasteiger partial charge in [0.25, 0.3) is 0 Å². The molecule has 1 aliphatic rings. The van der Waals surface area contributed by atoms with Crippen LogP contribution in [0.25, 0.3) is 11.5 Å². The summed E-state index contributed by atoms with van der Waals surface area (Å²) in [5.41, 5.74) is 3.51. The normalized spacial score (nSPS) is 13.7. The third-order valence-electron chi connectivity index (χ3n) is 5.91. The van der Waals surface area contributed by atoms with E-state index in [1.165, 1.54) is 0 Å². The number of nitrogens with zero attached hydrogens (tertiary/aromatic N) is 4. The maximum atomic E-state index is 12.7. The van der Waals surface area contributed by atoms with Crippen LogP contribution in [0.15, 0.2) is 77.2 Å². The minimum Gasteiger partial charge on any atom is -0.420 e. The fraction of sp³-hybridized carbons (Fsp3) is 0.192. The topological polar surface area (TPSA) is 74.5 Å². The molecule has 0 aliphatic carbocycles. The van der Waals surface area contributed by atoms with E-state index in [0.717, 1.165) is 16.8 Å². The van der Waals surface area contributed by atoms with Crippen LogP contribution in [0.4, 0.5) is 16.2 Å². The summed E-state index contributed by atoms with van der Waals surface area (Å²) in [6.45, 7) is 2.60. The number of para-hydroxylation sites is 1. The number of piperazine rings is 1. The van der Waals surface area contributed by atoms with Gasteiger partial charge in [0.05, 0.1) is 22.2 Å². The number of carbonyl (C=O) groups excluding carboxylic acids is 1. The number of amides is 2. The highest BCUT2D eigenvalue weighted by molar-refractivity contribution is 6.39. The molecule has 5 rings (SSSR count). The van der Waals surface area contributed by atoms with E-state index in [0.29, 0.717) is 60.1 Å². The van der Waals surface area contributed by atoms with Crippen LogP contribution in [-0.4, -0.2) is 47.3 Å². The van der Waals surface area contributed by atoms with Gasteiger partial charge in [-0.05, 0) is 42.0 Å². The summed E-state index contributed by atoms with van der Waals surface area (Å²) in [5.74, 6) is 1.09. The molecule has 35 heavy (non-hydrogen) atoms. The van der Waals surface area contributed by atoms with Gasteiger partial charge in [0.1, 0.15) is 0 Å². The van der Waals surface area contributed by atoms with E-state index >= 15 is 0 Å². The van der Waals surface area contributed by atoms with Crippen LogP contribution in [0, 0.1) is 0 Å². The number of hydrogen-bond donors (Lipinski definition) is 1. The maximum Gasteiger partial charge on any atom is 0.322 e. The molecule has 1 fully saturated rings. The summed E-state index contributed by atoms with van der Waals surface area (Å²) in [7, 11) is 0. The molecule has 3 aromatic carbocycles. The summed E-state index contributed by atoms with van der Waals surface area (Å²) >= 11 is 12.3. The van der Waals surface area contributed by atoms with Crippen molar-refractivity contribution in [1.29, 1.82) is 0 Å². The lowest BCUT2D eigenvalue weighted by Crippen LogP contribution is -2.50. The number of hydrogen-bond acceptors (Lipinski definition) is 5. The third-order valence-corrected chi connectivity index (χ3v) is 6.54. The molecule has 0 unspecified atom stereocenters. The highest BCUT2D eigenvalue weighted by atomic mass is 35.5. The Bertz CT molecular complexity index is 1280. The van der Waals surface area contributed by atoms with Gasteiger partial charge in [-0.3, -0.25) is 0 Å². The Morgan fingerprint density at radius 1 is 0.857 bits per heavy atom. The van der Waals surface area contributed by atoms with Gasteiger partial charge in [0, 0.05) is 37.4 Å². The Kier molecular flexibility index (Phi) is 6.88. The first-order valence-corrected chi connectivity index (χ1v) is 12.0. The van der Waals surface area contributed by atoms with Crippen molar-refractivity contribution in [3.63, 3.8) is 0 Å². The summed E-state index contributed by atoms with van der Waals surface area (Å²) in [6, 6.07) is 23.0. The second-order valence-corrected chi connectivity index (χ2v) is 9.03. The zero-order valence-electron chi connectivity index (χ0n) is 18.8. The standard InChI is InChI=1S/C26H23Cl2N5O2/c27-21-7-4-8-22(28)24(21)29-26(34)33-15-13-32(14-16-33)20-11-9-19(10-12-20)25-31-30-23(35-25)17-18-5-2-1-3-6-18/h1-12H,13-17H2,(H,29,34). The Hall–Kier alpha value is -3.55. The lowest BCUT2D eigenvalue weighted by atomic mass is 10.1. The van der Waals surface area contributed by atoms with Crippen molar-refractivity contribution in [2.45, 2.75) is 6.42 Å². The van der Waals surface area contributed by atoms with Crippen molar-refractivity contribution in [2.75, 3.05) is 36.4 Å². The van der Waals surface area contributed by atoms with Gasteiger partial charge >= 0.3 is 6.03 Å². The van der Waals surface area contributed by atoms with Crippen LogP contribution in [-0.2, 0) is 6.42 Å². The molecule has 9 heteroatoms. The molecule has 2 amide bonds. The van der Waals surface area contributed by atoms with E-state index in [1.54, 1.807) is 23.1 Å². The number of halogens is 2. The summed E-state index contributed by atoms with van der Waals surface area (Å²) in [4.78, 5) is 16.7. The molecule has 0 saturated carbocycles. The number of carbonyl (C=O) groups is 1. The molecular weight excluding hydrogens is 485 g/mol. The van der Waals surface area contributed by atoms with Crippen LogP contribution >= 0.6 is 23.2 Å². The van der Waals surface area contributed by atoms with E-state index in [4.69, 9.17) is 27.6 Å². The van der Waals surface area contributed by atoms with Crippen LogP contribution in [0.3, 0.4) is 0 Å². The summed E-state index contributed by atoms with van der Waals surface area (Å²) in [6.07, 6.45) is 0.604. The van der Waals surface area contributed by atoms with Crippen molar-refractivity contribution < 1.29 is 9.21 Å². The number of anilines is 2. The van der Waals surface area contributed by atoms with Crippen molar-refractivity contribution in [3.05, 3.63) is 94.3 Å². The van der Waals surface area contributed by atoms with Gasteiger partial charge < -0.3 is 19.5 Å². The third kappa shape index (κ3) is 5.42. The first-order valence-electron chi connectivity index (χ1n) is 11.3. The second-order valence-electron chi connectivity index (χ2n) is 8.21. The highest BCUT2D eigenvalue weighted by Crippen LogP contribution is 2.30. The molecule has 0 spiro atoms. The SMILES string of the molecule is O=C(Nc1c(Cl)cccc1Cl)N1CCN(c2ccc(-c3nnc(Cc4ccccc4)o3)cc2)CC1. The quantitative estimate of drug-likeness (QED) is 0.359. The Morgan fingerprint density at radius 2 is 1.54 bits per heavy atom. The number of rotatable bonds is 5. The lowest BCUT2D eigenvalue weighted by Gasteiger charge is -2.36. The molecule has 7 nitrogen and oxygen atoms in total. The molecule has 1 aliphatic heterocycles. The average Bonchev–Trinajstić information content (AvgIpc) is 3.35. The molecule has 1 N–H and O–H groups in total. The van der Waals surface area contributed by atoms with Crippen molar-refractivity contribution in [3.8, 4) is 11.5 Å². The van der Waals surface area contributed by atoms with Gasteiger partial charge in [-0.25, -0.2) is 4.79 Å². The fourth-order valence-corrected chi connectivity index (χ4v) is 4.49. The Morgan fingerprint density at radius 3 is 2.23 bits per heavy atom. The summed E-state index contributed by atoms with van der Waals surface area (Å²) < 4.78 is 5.86. The van der Waals surface area contributed by atoms with E-state index in [1.807, 2.05) is 54.6 Å². The molecule has 0 radical (unpaired) electrons. The van der Waals surface area contributed by atoms with Crippen LogP contribution in [0.1, 0.15) is 11.5 Å². The van der Waals surface area contributed by atoms with E-state index in [2.05, 4.69) is 20.4 Å². The number of aromatic nitrogens is 2. The predicted molar refractivity (Wildman–Crippen MR) is 138 cm³/mol. The van der Waals surface area contributed by atoms with Gasteiger partial charge in [0.2, 0.25) is 11.8 Å². The first kappa shape index (κ1) is 23.2. The van der Waals surface area contributed by atoms with E-state index in [-0.39, 0.29) is 6.03 Å². The predicted octanol–water partition coefficient (Wildman–Crippen LogP) is 5.99. The lowest BCUT2D eigenvalue weighted by molar-refractivity contribution is 0.208. The molecule has 1 aromatic heterocycles. The minimum atomic E-state index is -0.210. The Balaban J connectivity index is 1.17. The molecule has 0 bridgehead atoms. The zero-order chi connectivity index (χ0) is 24.2. The van der Waals surface area contributed by atoms with Gasteiger partial charge in [-0.1, -0.05) is 59.6 Å². The van der Waals surface area contributed by atoms with Gasteiger partial charge in [0.15, 0.2) is 0 Å². The van der Waals surface area contributed by atoms with Crippen molar-refractivity contribution in [2.24, 2.45) is 0 Å². The number of nitrogens with one attached hydrogen (secondary N) is 1. The van der Waals surface area contributed by atoms with Crippen LogP contribution in [0.2, 0.25) is 10.0 Å². The second kappa shape index (κ2) is 10.4. The average molecular weight is 508 g/mol. The Labute approximate surface area is 213 Å². The molecule has 2 heterocycles. The smallest absolute Gasteiger partial charge is 0.322 e. The largest absolute Gasteiger partial charge is 0.420 e. The van der Waals surface area contributed by atoms with E-state index in [9.17, 15) is 4.79 Å². The van der Waals surface area contributed by atoms with Crippen LogP contribution in [0.5, 0.6) is 0 Å². The molecule has 1 saturated heterocycles. The first-order chi connectivity index (χ1) is 17.1.